The SMILES string of the molecule is Cc1c(NC(=O)c2cccc(NC(=O)[C@H]3C[C@@H]3C)c2)c(=O)n(-c2ccccc2)n1C. The normalized spacial score (nSPS) is 17.4. The van der Waals surface area contributed by atoms with E-state index >= 15 is 0 Å². The molecule has 0 bridgehead atoms. The number of aromatic nitrogens is 2. The van der Waals surface area contributed by atoms with E-state index in [0.29, 0.717) is 28.6 Å². The van der Waals surface area contributed by atoms with Crippen LogP contribution < -0.4 is 16.2 Å². The molecule has 2 atom stereocenters. The summed E-state index contributed by atoms with van der Waals surface area (Å²) in [6, 6.07) is 16.0. The molecule has 0 saturated heterocycles. The van der Waals surface area contributed by atoms with Crippen LogP contribution in [0.4, 0.5) is 11.4 Å². The summed E-state index contributed by atoms with van der Waals surface area (Å²) in [7, 11) is 1.77. The van der Waals surface area contributed by atoms with Crippen LogP contribution in [0.2, 0.25) is 0 Å². The summed E-state index contributed by atoms with van der Waals surface area (Å²) in [5.41, 5.74) is 2.22. The van der Waals surface area contributed by atoms with Gasteiger partial charge >= 0.3 is 0 Å². The molecule has 3 aromatic rings. The zero-order valence-electron chi connectivity index (χ0n) is 17.2. The first kappa shape index (κ1) is 19.7. The van der Waals surface area contributed by atoms with Gasteiger partial charge in [0.15, 0.2) is 0 Å². The van der Waals surface area contributed by atoms with Crippen molar-refractivity contribution < 1.29 is 9.59 Å². The van der Waals surface area contributed by atoms with Crippen LogP contribution in [-0.4, -0.2) is 21.2 Å². The summed E-state index contributed by atoms with van der Waals surface area (Å²) in [5, 5.41) is 5.60. The third kappa shape index (κ3) is 3.66. The minimum Gasteiger partial charge on any atom is -0.326 e. The average Bonchev–Trinajstić information content (AvgIpc) is 3.44. The quantitative estimate of drug-likeness (QED) is 0.684. The maximum atomic E-state index is 13.0. The lowest BCUT2D eigenvalue weighted by atomic mass is 10.1. The number of nitrogens with one attached hydrogen (secondary N) is 2. The number of amides is 2. The number of benzene rings is 2. The molecular weight excluding hydrogens is 380 g/mol. The summed E-state index contributed by atoms with van der Waals surface area (Å²) >= 11 is 0. The maximum absolute atomic E-state index is 13.0. The molecule has 2 amide bonds. The van der Waals surface area contributed by atoms with Gasteiger partial charge in [-0.2, -0.15) is 0 Å². The van der Waals surface area contributed by atoms with Crippen molar-refractivity contribution in [3.8, 4) is 5.69 Å². The highest BCUT2D eigenvalue weighted by molar-refractivity contribution is 6.05. The van der Waals surface area contributed by atoms with E-state index in [-0.39, 0.29) is 23.1 Å². The van der Waals surface area contributed by atoms with Crippen molar-refractivity contribution in [3.63, 3.8) is 0 Å². The summed E-state index contributed by atoms with van der Waals surface area (Å²) in [5.74, 6) is 0.0248. The third-order valence-corrected chi connectivity index (χ3v) is 5.63. The standard InChI is InChI=1S/C23H24N4O3/c1-14-12-19(14)22(29)24-17-9-7-8-16(13-17)21(28)25-20-15(2)26(3)27(23(20)30)18-10-5-4-6-11-18/h4-11,13-14,19H,12H2,1-3H3,(H,24,29)(H,25,28)/t14-,19-/m0/s1. The number of carbonyl (C=O) groups excluding carboxylic acids is 2. The summed E-state index contributed by atoms with van der Waals surface area (Å²) < 4.78 is 3.22. The lowest BCUT2D eigenvalue weighted by Gasteiger charge is -2.08. The minimum absolute atomic E-state index is 0.0234. The first-order chi connectivity index (χ1) is 14.4. The maximum Gasteiger partial charge on any atom is 0.295 e. The molecule has 1 aliphatic rings. The van der Waals surface area contributed by atoms with Crippen molar-refractivity contribution in [3.05, 3.63) is 76.2 Å². The smallest absolute Gasteiger partial charge is 0.295 e. The van der Waals surface area contributed by atoms with E-state index in [2.05, 4.69) is 10.6 Å². The van der Waals surface area contributed by atoms with Crippen molar-refractivity contribution in [2.24, 2.45) is 18.9 Å². The molecule has 154 valence electrons. The molecule has 1 saturated carbocycles. The fourth-order valence-corrected chi connectivity index (χ4v) is 3.56. The fourth-order valence-electron chi connectivity index (χ4n) is 3.56. The number of para-hydroxylation sites is 1. The summed E-state index contributed by atoms with van der Waals surface area (Å²) in [4.78, 5) is 38.0. The van der Waals surface area contributed by atoms with Gasteiger partial charge < -0.3 is 10.6 Å². The molecule has 2 N–H and O–H groups in total. The summed E-state index contributed by atoms with van der Waals surface area (Å²) in [6.45, 7) is 3.82. The van der Waals surface area contributed by atoms with Crippen LogP contribution in [-0.2, 0) is 11.8 Å². The Kier molecular flexibility index (Phi) is 5.03. The van der Waals surface area contributed by atoms with Crippen LogP contribution in [0.5, 0.6) is 0 Å². The Hall–Kier alpha value is -3.61. The van der Waals surface area contributed by atoms with E-state index < -0.39 is 5.91 Å². The second-order valence-corrected chi connectivity index (χ2v) is 7.78. The minimum atomic E-state index is -0.406. The molecule has 0 unspecified atom stereocenters. The molecular formula is C23H24N4O3. The molecule has 0 aliphatic heterocycles. The fraction of sp³-hybridized carbons (Fsp3) is 0.261. The highest BCUT2D eigenvalue weighted by Crippen LogP contribution is 2.38. The first-order valence-corrected chi connectivity index (χ1v) is 9.93. The van der Waals surface area contributed by atoms with Crippen LogP contribution >= 0.6 is 0 Å². The molecule has 0 radical (unpaired) electrons. The Bertz CT molecular complexity index is 1180. The van der Waals surface area contributed by atoms with Gasteiger partial charge in [-0.1, -0.05) is 31.2 Å². The largest absolute Gasteiger partial charge is 0.326 e. The van der Waals surface area contributed by atoms with E-state index in [9.17, 15) is 14.4 Å². The van der Waals surface area contributed by atoms with Gasteiger partial charge in [0.2, 0.25) is 5.91 Å². The molecule has 1 heterocycles. The molecule has 7 nitrogen and oxygen atoms in total. The summed E-state index contributed by atoms with van der Waals surface area (Å²) in [6.07, 6.45) is 0.896. The number of carbonyl (C=O) groups is 2. The Morgan fingerprint density at radius 1 is 1.03 bits per heavy atom. The highest BCUT2D eigenvalue weighted by atomic mass is 16.2. The first-order valence-electron chi connectivity index (χ1n) is 9.93. The van der Waals surface area contributed by atoms with Gasteiger partial charge in [-0.05, 0) is 49.6 Å². The Morgan fingerprint density at radius 3 is 2.40 bits per heavy atom. The zero-order valence-corrected chi connectivity index (χ0v) is 17.2. The van der Waals surface area contributed by atoms with Gasteiger partial charge in [0.25, 0.3) is 11.5 Å². The Labute approximate surface area is 174 Å². The van der Waals surface area contributed by atoms with Crippen LogP contribution in [0.1, 0.15) is 29.4 Å². The lowest BCUT2D eigenvalue weighted by molar-refractivity contribution is -0.117. The Morgan fingerprint density at radius 2 is 1.73 bits per heavy atom. The number of anilines is 2. The van der Waals surface area contributed by atoms with E-state index in [1.165, 1.54) is 4.68 Å². The van der Waals surface area contributed by atoms with Crippen molar-refractivity contribution in [2.45, 2.75) is 20.3 Å². The third-order valence-electron chi connectivity index (χ3n) is 5.63. The molecule has 1 fully saturated rings. The van der Waals surface area contributed by atoms with Crippen molar-refractivity contribution >= 4 is 23.2 Å². The van der Waals surface area contributed by atoms with Crippen LogP contribution in [0.25, 0.3) is 5.69 Å². The number of nitrogens with zero attached hydrogens (tertiary/aromatic N) is 2. The van der Waals surface area contributed by atoms with Gasteiger partial charge in [0.1, 0.15) is 5.69 Å². The predicted molar refractivity (Wildman–Crippen MR) is 116 cm³/mol. The van der Waals surface area contributed by atoms with E-state index in [1.54, 1.807) is 42.9 Å². The number of hydrogen-bond acceptors (Lipinski definition) is 3. The van der Waals surface area contributed by atoms with E-state index in [4.69, 9.17) is 0 Å². The van der Waals surface area contributed by atoms with Gasteiger partial charge in [-0.25, -0.2) is 4.68 Å². The zero-order chi connectivity index (χ0) is 21.4. The van der Waals surface area contributed by atoms with Crippen molar-refractivity contribution in [1.29, 1.82) is 0 Å². The molecule has 0 spiro atoms. The van der Waals surface area contributed by atoms with Crippen LogP contribution in [0, 0.1) is 18.8 Å². The lowest BCUT2D eigenvalue weighted by Crippen LogP contribution is -2.23. The molecule has 4 rings (SSSR count). The highest BCUT2D eigenvalue weighted by Gasteiger charge is 2.39. The molecule has 7 heteroatoms. The predicted octanol–water partition coefficient (Wildman–Crippen LogP) is 3.33. The average molecular weight is 404 g/mol. The van der Waals surface area contributed by atoms with Gasteiger partial charge in [0.05, 0.1) is 11.4 Å². The van der Waals surface area contributed by atoms with Gasteiger partial charge in [-0.3, -0.25) is 19.1 Å². The molecule has 30 heavy (non-hydrogen) atoms. The van der Waals surface area contributed by atoms with Crippen LogP contribution in [0.15, 0.2) is 59.4 Å². The molecule has 1 aliphatic carbocycles. The number of hydrogen-bond donors (Lipinski definition) is 2. The molecule has 1 aromatic heterocycles. The number of rotatable bonds is 5. The van der Waals surface area contributed by atoms with Crippen LogP contribution in [0.3, 0.4) is 0 Å². The van der Waals surface area contributed by atoms with Crippen molar-refractivity contribution in [2.75, 3.05) is 10.6 Å². The van der Waals surface area contributed by atoms with Gasteiger partial charge in [-0.15, -0.1) is 0 Å². The monoisotopic (exact) mass is 404 g/mol. The second kappa shape index (κ2) is 7.67. The topological polar surface area (TPSA) is 85.1 Å². The Balaban J connectivity index is 1.57. The van der Waals surface area contributed by atoms with Gasteiger partial charge in [0, 0.05) is 24.2 Å². The van der Waals surface area contributed by atoms with Crippen molar-refractivity contribution in [1.82, 2.24) is 9.36 Å². The van der Waals surface area contributed by atoms with E-state index in [1.807, 2.05) is 37.3 Å². The second-order valence-electron chi connectivity index (χ2n) is 7.78. The molecule has 2 aromatic carbocycles. The van der Waals surface area contributed by atoms with E-state index in [0.717, 1.165) is 6.42 Å².